The Bertz CT molecular complexity index is 780. The zero-order chi connectivity index (χ0) is 15.5. The second-order valence-electron chi connectivity index (χ2n) is 4.86. The van der Waals surface area contributed by atoms with Crippen molar-refractivity contribution in [3.05, 3.63) is 65.2 Å². The first-order valence-corrected chi connectivity index (χ1v) is 7.17. The van der Waals surface area contributed by atoms with Crippen LogP contribution >= 0.6 is 11.6 Å². The Morgan fingerprint density at radius 3 is 2.86 bits per heavy atom. The number of amides is 1. The van der Waals surface area contributed by atoms with Crippen molar-refractivity contribution in [2.24, 2.45) is 0 Å². The van der Waals surface area contributed by atoms with E-state index in [2.05, 4.69) is 15.5 Å². The summed E-state index contributed by atoms with van der Waals surface area (Å²) in [4.78, 5) is 12.2. The number of rotatable bonds is 4. The van der Waals surface area contributed by atoms with E-state index in [9.17, 15) is 4.79 Å². The van der Waals surface area contributed by atoms with Gasteiger partial charge in [0.15, 0.2) is 0 Å². The molecule has 0 saturated carbocycles. The minimum atomic E-state index is -0.255. The van der Waals surface area contributed by atoms with E-state index in [0.717, 1.165) is 5.56 Å². The Morgan fingerprint density at radius 1 is 1.32 bits per heavy atom. The van der Waals surface area contributed by atoms with Gasteiger partial charge in [0.05, 0.1) is 23.0 Å². The number of nitrogens with one attached hydrogen (secondary N) is 2. The maximum absolute atomic E-state index is 12.2. The van der Waals surface area contributed by atoms with Crippen LogP contribution in [0.1, 0.15) is 29.2 Å². The quantitative estimate of drug-likeness (QED) is 0.769. The molecule has 1 atom stereocenters. The van der Waals surface area contributed by atoms with Gasteiger partial charge < -0.3 is 9.73 Å². The molecule has 0 radical (unpaired) electrons. The molecule has 2 aromatic heterocycles. The largest absolute Gasteiger partial charge is 0.467 e. The van der Waals surface area contributed by atoms with E-state index in [-0.39, 0.29) is 11.9 Å². The summed E-state index contributed by atoms with van der Waals surface area (Å²) in [6.07, 6.45) is 1.57. The molecule has 22 heavy (non-hydrogen) atoms. The smallest absolute Gasteiger partial charge is 0.269 e. The molecule has 1 aromatic carbocycles. The predicted molar refractivity (Wildman–Crippen MR) is 83.6 cm³/mol. The number of benzene rings is 1. The molecule has 0 aliphatic heterocycles. The van der Waals surface area contributed by atoms with Gasteiger partial charge in [-0.2, -0.15) is 5.10 Å². The van der Waals surface area contributed by atoms with Gasteiger partial charge in [0, 0.05) is 5.56 Å². The first-order valence-electron chi connectivity index (χ1n) is 6.79. The van der Waals surface area contributed by atoms with Crippen molar-refractivity contribution in [2.45, 2.75) is 13.0 Å². The lowest BCUT2D eigenvalue weighted by Crippen LogP contribution is -2.26. The van der Waals surface area contributed by atoms with Crippen molar-refractivity contribution in [1.29, 1.82) is 0 Å². The summed E-state index contributed by atoms with van der Waals surface area (Å²) in [7, 11) is 0. The number of carbonyl (C=O) groups excluding carboxylic acids is 1. The number of aromatic amines is 1. The number of H-pyrrole nitrogens is 1. The highest BCUT2D eigenvalue weighted by atomic mass is 35.5. The molecule has 1 amide bonds. The van der Waals surface area contributed by atoms with Crippen LogP contribution in [0.5, 0.6) is 0 Å². The van der Waals surface area contributed by atoms with E-state index in [4.69, 9.17) is 16.0 Å². The maximum atomic E-state index is 12.2. The van der Waals surface area contributed by atoms with E-state index in [1.807, 2.05) is 31.2 Å². The topological polar surface area (TPSA) is 70.9 Å². The molecule has 3 rings (SSSR count). The number of hydrogen-bond donors (Lipinski definition) is 2. The lowest BCUT2D eigenvalue weighted by atomic mass is 10.1. The summed E-state index contributed by atoms with van der Waals surface area (Å²) in [5.41, 5.74) is 1.77. The van der Waals surface area contributed by atoms with E-state index in [1.54, 1.807) is 24.5 Å². The van der Waals surface area contributed by atoms with Crippen LogP contribution < -0.4 is 5.32 Å². The normalized spacial score (nSPS) is 12.1. The third-order valence-corrected chi connectivity index (χ3v) is 3.62. The van der Waals surface area contributed by atoms with Crippen molar-refractivity contribution < 1.29 is 9.21 Å². The van der Waals surface area contributed by atoms with Gasteiger partial charge in [0.2, 0.25) is 0 Å². The molecule has 0 spiro atoms. The molecule has 0 aliphatic carbocycles. The van der Waals surface area contributed by atoms with E-state index >= 15 is 0 Å². The number of nitrogens with zero attached hydrogens (tertiary/aromatic N) is 1. The molecular weight excluding hydrogens is 302 g/mol. The maximum Gasteiger partial charge on any atom is 0.269 e. The van der Waals surface area contributed by atoms with Gasteiger partial charge >= 0.3 is 0 Å². The molecule has 0 fully saturated rings. The Balaban J connectivity index is 1.76. The lowest BCUT2D eigenvalue weighted by Gasteiger charge is -2.09. The highest BCUT2D eigenvalue weighted by Gasteiger charge is 2.16. The molecule has 112 valence electrons. The number of carbonyl (C=O) groups is 1. The standard InChI is InChI=1S/C16H14ClN3O2/c1-10(15-7-4-8-22-15)18-16(21)14-9-13(19-20-14)11-5-2-3-6-12(11)17/h2-10H,1H3,(H,18,21)(H,19,20)/t10-/m1/s1. The van der Waals surface area contributed by atoms with Crippen LogP contribution in [-0.4, -0.2) is 16.1 Å². The second kappa shape index (κ2) is 6.07. The fourth-order valence-corrected chi connectivity index (χ4v) is 2.36. The van der Waals surface area contributed by atoms with Crippen LogP contribution in [0, 0.1) is 0 Å². The molecule has 0 unspecified atom stereocenters. The minimum Gasteiger partial charge on any atom is -0.467 e. The molecular formula is C16H14ClN3O2. The van der Waals surface area contributed by atoms with Gasteiger partial charge in [0.1, 0.15) is 11.5 Å². The molecule has 3 aromatic rings. The molecule has 0 saturated heterocycles. The van der Waals surface area contributed by atoms with Gasteiger partial charge in [-0.3, -0.25) is 9.89 Å². The molecule has 2 heterocycles. The van der Waals surface area contributed by atoms with Crippen molar-refractivity contribution >= 4 is 17.5 Å². The average Bonchev–Trinajstić information content (AvgIpc) is 3.19. The molecule has 0 bridgehead atoms. The van der Waals surface area contributed by atoms with Crippen LogP contribution in [0.4, 0.5) is 0 Å². The molecule has 6 heteroatoms. The van der Waals surface area contributed by atoms with Crippen molar-refractivity contribution in [1.82, 2.24) is 15.5 Å². The third kappa shape index (κ3) is 2.89. The molecule has 0 aliphatic rings. The van der Waals surface area contributed by atoms with Crippen molar-refractivity contribution in [3.8, 4) is 11.3 Å². The van der Waals surface area contributed by atoms with E-state index in [0.29, 0.717) is 22.2 Å². The first-order chi connectivity index (χ1) is 10.6. The molecule has 2 N–H and O–H groups in total. The number of aromatic nitrogens is 2. The second-order valence-corrected chi connectivity index (χ2v) is 5.26. The summed E-state index contributed by atoms with van der Waals surface area (Å²) in [6, 6.07) is 12.4. The summed E-state index contributed by atoms with van der Waals surface area (Å²) in [5.74, 6) is 0.439. The van der Waals surface area contributed by atoms with Gasteiger partial charge in [-0.05, 0) is 31.2 Å². The first kappa shape index (κ1) is 14.4. The lowest BCUT2D eigenvalue weighted by molar-refractivity contribution is 0.0930. The fraction of sp³-hybridized carbons (Fsp3) is 0.125. The van der Waals surface area contributed by atoms with E-state index < -0.39 is 0 Å². The monoisotopic (exact) mass is 315 g/mol. The summed E-state index contributed by atoms with van der Waals surface area (Å²) >= 11 is 6.13. The van der Waals surface area contributed by atoms with Gasteiger partial charge in [-0.25, -0.2) is 0 Å². The summed E-state index contributed by atoms with van der Waals surface area (Å²) < 4.78 is 5.26. The fourth-order valence-electron chi connectivity index (χ4n) is 2.13. The number of halogens is 1. The van der Waals surface area contributed by atoms with Crippen LogP contribution in [0.3, 0.4) is 0 Å². The minimum absolute atomic E-state index is 0.227. The Labute approximate surface area is 132 Å². The van der Waals surface area contributed by atoms with Crippen LogP contribution in [-0.2, 0) is 0 Å². The third-order valence-electron chi connectivity index (χ3n) is 3.29. The number of furan rings is 1. The Morgan fingerprint density at radius 2 is 2.14 bits per heavy atom. The summed E-state index contributed by atoms with van der Waals surface area (Å²) in [5, 5.41) is 10.3. The van der Waals surface area contributed by atoms with Crippen LogP contribution in [0.25, 0.3) is 11.3 Å². The predicted octanol–water partition coefficient (Wildman–Crippen LogP) is 3.81. The zero-order valence-electron chi connectivity index (χ0n) is 11.8. The zero-order valence-corrected chi connectivity index (χ0v) is 12.6. The van der Waals surface area contributed by atoms with Gasteiger partial charge in [-0.1, -0.05) is 29.8 Å². The van der Waals surface area contributed by atoms with Crippen molar-refractivity contribution in [3.63, 3.8) is 0 Å². The highest BCUT2D eigenvalue weighted by Crippen LogP contribution is 2.26. The van der Waals surface area contributed by atoms with Crippen LogP contribution in [0.2, 0.25) is 5.02 Å². The Kier molecular flexibility index (Phi) is 3.98. The summed E-state index contributed by atoms with van der Waals surface area (Å²) in [6.45, 7) is 1.85. The van der Waals surface area contributed by atoms with Crippen molar-refractivity contribution in [2.75, 3.05) is 0 Å². The molecule has 5 nitrogen and oxygen atoms in total. The average molecular weight is 316 g/mol. The van der Waals surface area contributed by atoms with Gasteiger partial charge in [0.25, 0.3) is 5.91 Å². The number of hydrogen-bond acceptors (Lipinski definition) is 3. The van der Waals surface area contributed by atoms with Gasteiger partial charge in [-0.15, -0.1) is 0 Å². The van der Waals surface area contributed by atoms with E-state index in [1.165, 1.54) is 0 Å². The SMILES string of the molecule is C[C@@H](NC(=O)c1cc(-c2ccccc2Cl)n[nH]1)c1ccco1. The Hall–Kier alpha value is -2.53. The van der Waals surface area contributed by atoms with Crippen LogP contribution in [0.15, 0.2) is 53.1 Å². The highest BCUT2D eigenvalue weighted by molar-refractivity contribution is 6.33.